The fraction of sp³-hybridized carbons (Fsp3) is 1.00. The van der Waals surface area contributed by atoms with Crippen LogP contribution in [0.25, 0.3) is 0 Å². The van der Waals surface area contributed by atoms with Gasteiger partial charge in [-0.1, -0.05) is 25.7 Å². The molecule has 10 nitrogen and oxygen atoms in total. The molecule has 0 radical (unpaired) electrons. The van der Waals surface area contributed by atoms with E-state index in [0.29, 0.717) is 0 Å². The molecule has 0 saturated heterocycles. The van der Waals surface area contributed by atoms with Crippen LogP contribution >= 0.6 is 0 Å². The summed E-state index contributed by atoms with van der Waals surface area (Å²) >= 11 is 0. The first-order chi connectivity index (χ1) is 9.38. The summed E-state index contributed by atoms with van der Waals surface area (Å²) in [6.45, 7) is 2.23. The molecule has 0 aromatic rings. The predicted octanol–water partition coefficient (Wildman–Crippen LogP) is 0.113. The van der Waals surface area contributed by atoms with Crippen LogP contribution in [0.3, 0.4) is 0 Å². The lowest BCUT2D eigenvalue weighted by atomic mass is 10.1. The fourth-order valence-electron chi connectivity index (χ4n) is 1.41. The lowest BCUT2D eigenvalue weighted by Crippen LogP contribution is -2.50. The number of hydrogen-bond acceptors (Lipinski definition) is 6. The first kappa shape index (κ1) is 23.4. The second-order valence-corrected chi connectivity index (χ2v) is 3.98. The van der Waals surface area contributed by atoms with Crippen molar-refractivity contribution in [1.29, 1.82) is 0 Å². The molecule has 0 aliphatic carbocycles. The zero-order chi connectivity index (χ0) is 16.2. The van der Waals surface area contributed by atoms with Crippen molar-refractivity contribution in [2.45, 2.75) is 51.4 Å². The molecular weight excluding hydrogens is 272 g/mol. The van der Waals surface area contributed by atoms with E-state index in [9.17, 15) is 0 Å². The van der Waals surface area contributed by atoms with Gasteiger partial charge in [0.1, 0.15) is 0 Å². The summed E-state index contributed by atoms with van der Waals surface area (Å²) in [5, 5.41) is 29.5. The minimum Gasteiger partial charge on any atom is -0.358 e. The molecule has 0 bridgehead atoms. The molecule has 0 spiro atoms. The van der Waals surface area contributed by atoms with E-state index in [4.69, 9.17) is 30.6 Å². The summed E-state index contributed by atoms with van der Waals surface area (Å²) < 4.78 is 0. The molecule has 0 fully saturated rings. The number of hydrogen-bond donors (Lipinski definition) is 2. The van der Waals surface area contributed by atoms with Crippen LogP contribution in [0.2, 0.25) is 0 Å². The smallest absolute Gasteiger partial charge is 0.0739 e. The van der Waals surface area contributed by atoms with E-state index in [1.807, 2.05) is 0 Å². The molecule has 0 unspecified atom stereocenters. The SMILES string of the molecule is O=[N+]([O-])[O-].O=[N+]([O-])[O-].[NH3+]CCCCCCCCCC[NH3+]. The molecule has 0 aromatic heterocycles. The van der Waals surface area contributed by atoms with Crippen molar-refractivity contribution in [3.63, 3.8) is 0 Å². The molecule has 0 amide bonds. The highest BCUT2D eigenvalue weighted by atomic mass is 16.9. The van der Waals surface area contributed by atoms with Crippen molar-refractivity contribution in [1.82, 2.24) is 0 Å². The Hall–Kier alpha value is -1.68. The molecule has 20 heavy (non-hydrogen) atoms. The zero-order valence-corrected chi connectivity index (χ0v) is 11.8. The van der Waals surface area contributed by atoms with E-state index in [0.717, 1.165) is 13.1 Å². The van der Waals surface area contributed by atoms with Crippen molar-refractivity contribution in [3.05, 3.63) is 30.6 Å². The third-order valence-corrected chi connectivity index (χ3v) is 2.25. The van der Waals surface area contributed by atoms with Gasteiger partial charge in [0.05, 0.1) is 23.3 Å². The Morgan fingerprint density at radius 3 is 0.850 bits per heavy atom. The maximum Gasteiger partial charge on any atom is 0.0739 e. The molecule has 0 aliphatic heterocycles. The molecule has 122 valence electrons. The van der Waals surface area contributed by atoms with Gasteiger partial charge >= 0.3 is 0 Å². The van der Waals surface area contributed by atoms with Crippen molar-refractivity contribution < 1.29 is 21.6 Å². The number of nitrogens with zero attached hydrogens (tertiary/aromatic N) is 2. The van der Waals surface area contributed by atoms with Gasteiger partial charge in [0, 0.05) is 0 Å². The highest BCUT2D eigenvalue weighted by Gasteiger charge is 1.91. The molecule has 10 heteroatoms. The largest absolute Gasteiger partial charge is 0.358 e. The Bertz CT molecular complexity index is 188. The summed E-state index contributed by atoms with van der Waals surface area (Å²) in [5.74, 6) is 0. The molecule has 0 aliphatic rings. The molecule has 0 saturated carbocycles. The Balaban J connectivity index is -0.000000297. The Kier molecular flexibility index (Phi) is 26.3. The van der Waals surface area contributed by atoms with Gasteiger partial charge in [-0.2, -0.15) is 0 Å². The second kappa shape index (κ2) is 22.5. The van der Waals surface area contributed by atoms with E-state index < -0.39 is 10.2 Å². The monoisotopic (exact) mass is 298 g/mol. The van der Waals surface area contributed by atoms with Gasteiger partial charge in [0.25, 0.3) is 0 Å². The summed E-state index contributed by atoms with van der Waals surface area (Å²) in [4.78, 5) is 16.5. The van der Waals surface area contributed by atoms with Crippen molar-refractivity contribution >= 4 is 0 Å². The molecule has 0 atom stereocenters. The highest BCUT2D eigenvalue weighted by Crippen LogP contribution is 2.07. The molecule has 0 aromatic carbocycles. The van der Waals surface area contributed by atoms with Crippen molar-refractivity contribution in [2.75, 3.05) is 13.1 Å². The first-order valence-corrected chi connectivity index (χ1v) is 6.60. The Morgan fingerprint density at radius 2 is 0.700 bits per heavy atom. The lowest BCUT2D eigenvalue weighted by Gasteiger charge is -1.98. The molecule has 6 N–H and O–H groups in total. The fourth-order valence-corrected chi connectivity index (χ4v) is 1.41. The Labute approximate surface area is 118 Å². The number of unbranched alkanes of at least 4 members (excludes halogenated alkanes) is 7. The third-order valence-electron chi connectivity index (χ3n) is 2.25. The van der Waals surface area contributed by atoms with Gasteiger partial charge in [-0.25, -0.2) is 0 Å². The Morgan fingerprint density at radius 1 is 0.550 bits per heavy atom. The van der Waals surface area contributed by atoms with Crippen molar-refractivity contribution in [2.24, 2.45) is 0 Å². The second-order valence-electron chi connectivity index (χ2n) is 3.98. The van der Waals surface area contributed by atoms with Crippen LogP contribution in [0, 0.1) is 30.6 Å². The topological polar surface area (TPSA) is 188 Å². The summed E-state index contributed by atoms with van der Waals surface area (Å²) in [7, 11) is 0. The van der Waals surface area contributed by atoms with E-state index >= 15 is 0 Å². The first-order valence-electron chi connectivity index (χ1n) is 6.60. The van der Waals surface area contributed by atoms with Gasteiger partial charge < -0.3 is 42.1 Å². The van der Waals surface area contributed by atoms with Crippen LogP contribution in [0.5, 0.6) is 0 Å². The van der Waals surface area contributed by atoms with E-state index in [1.165, 1.54) is 51.4 Å². The summed E-state index contributed by atoms with van der Waals surface area (Å²) in [6, 6.07) is 0. The quantitative estimate of drug-likeness (QED) is 0.345. The van der Waals surface area contributed by atoms with Crippen LogP contribution < -0.4 is 11.5 Å². The van der Waals surface area contributed by atoms with Crippen LogP contribution in [0.4, 0.5) is 0 Å². The van der Waals surface area contributed by atoms with Gasteiger partial charge in [-0.3, -0.25) is 0 Å². The maximum atomic E-state index is 8.25. The van der Waals surface area contributed by atoms with E-state index in [2.05, 4.69) is 11.5 Å². The molecule has 0 heterocycles. The zero-order valence-electron chi connectivity index (χ0n) is 11.8. The van der Waals surface area contributed by atoms with E-state index in [1.54, 1.807) is 0 Å². The normalized spacial score (nSPS) is 8.70. The standard InChI is InChI=1S/C10H24N2.2NO3/c11-9-7-5-3-1-2-4-6-8-10-12;2*2-1(3)4/h1-12H2;;/q;2*-1/p+2. The molecule has 0 rings (SSSR count). The van der Waals surface area contributed by atoms with Gasteiger partial charge in [0.2, 0.25) is 0 Å². The maximum absolute atomic E-state index is 8.25. The van der Waals surface area contributed by atoms with Gasteiger partial charge in [-0.15, -0.1) is 0 Å². The van der Waals surface area contributed by atoms with Crippen LogP contribution in [0.1, 0.15) is 51.4 Å². The lowest BCUT2D eigenvalue weighted by molar-refractivity contribution is -0.403. The number of rotatable bonds is 9. The van der Waals surface area contributed by atoms with Crippen LogP contribution in [0.15, 0.2) is 0 Å². The minimum absolute atomic E-state index is 1.11. The van der Waals surface area contributed by atoms with Crippen LogP contribution in [-0.4, -0.2) is 23.3 Å². The van der Waals surface area contributed by atoms with Gasteiger partial charge in [0.15, 0.2) is 0 Å². The minimum atomic E-state index is -1.75. The third kappa shape index (κ3) is 71.5. The van der Waals surface area contributed by atoms with Crippen molar-refractivity contribution in [3.8, 4) is 0 Å². The van der Waals surface area contributed by atoms with Crippen LogP contribution in [-0.2, 0) is 0 Å². The summed E-state index contributed by atoms with van der Waals surface area (Å²) in [5.41, 5.74) is 7.67. The summed E-state index contributed by atoms with van der Waals surface area (Å²) in [6.07, 6.45) is 11.1. The average Bonchev–Trinajstić information content (AvgIpc) is 2.31. The average molecular weight is 298 g/mol. The molecular formula is C10H26N4O6. The highest BCUT2D eigenvalue weighted by molar-refractivity contribution is 4.45. The predicted molar refractivity (Wildman–Crippen MR) is 73.2 cm³/mol. The number of quaternary nitrogens is 2. The van der Waals surface area contributed by atoms with Gasteiger partial charge in [-0.05, 0) is 25.7 Å². The van der Waals surface area contributed by atoms with E-state index in [-0.39, 0.29) is 0 Å².